The maximum Gasteiger partial charge on any atom is 0.158 e. The van der Waals surface area contributed by atoms with E-state index in [0.717, 1.165) is 0 Å². The van der Waals surface area contributed by atoms with Crippen molar-refractivity contribution in [3.05, 3.63) is 47.8 Å². The molecule has 0 aromatic heterocycles. The molecule has 0 saturated heterocycles. The van der Waals surface area contributed by atoms with Gasteiger partial charge >= 0.3 is 0 Å². The minimum absolute atomic E-state index is 0.108. The molecule has 0 aliphatic heterocycles. The third-order valence-corrected chi connectivity index (χ3v) is 1.97. The topological polar surface area (TPSA) is 37.3 Å². The lowest BCUT2D eigenvalue weighted by Crippen LogP contribution is -2.07. The van der Waals surface area contributed by atoms with Crippen molar-refractivity contribution in [2.24, 2.45) is 0 Å². The highest BCUT2D eigenvalue weighted by Gasteiger charge is 2.14. The van der Waals surface area contributed by atoms with Gasteiger partial charge in [0, 0.05) is 5.57 Å². The third-order valence-electron chi connectivity index (χ3n) is 1.97. The number of hydrogen-bond donors (Lipinski definition) is 1. The lowest BCUT2D eigenvalue weighted by molar-refractivity contribution is -0.114. The van der Waals surface area contributed by atoms with Crippen molar-refractivity contribution < 1.29 is 14.3 Å². The van der Waals surface area contributed by atoms with E-state index in [0.29, 0.717) is 5.56 Å². The van der Waals surface area contributed by atoms with E-state index in [2.05, 4.69) is 6.58 Å². The van der Waals surface area contributed by atoms with E-state index in [1.807, 2.05) is 0 Å². The van der Waals surface area contributed by atoms with Crippen LogP contribution in [-0.2, 0) is 4.79 Å². The number of carbonyl (C=O) groups excluding carboxylic acids is 1. The monoisotopic (exact) mass is 194 g/mol. The summed E-state index contributed by atoms with van der Waals surface area (Å²) >= 11 is 0. The Kier molecular flexibility index (Phi) is 3.14. The van der Waals surface area contributed by atoms with Crippen molar-refractivity contribution in [3.8, 4) is 0 Å². The molecule has 0 bridgehead atoms. The SMILES string of the molecule is C=C(C(C)=O)C(O)c1ccc(F)cc1. The van der Waals surface area contributed by atoms with Crippen molar-refractivity contribution in [3.63, 3.8) is 0 Å². The molecule has 1 rings (SSSR count). The van der Waals surface area contributed by atoms with Gasteiger partial charge in [-0.3, -0.25) is 4.79 Å². The van der Waals surface area contributed by atoms with Gasteiger partial charge in [-0.25, -0.2) is 4.39 Å². The molecule has 1 aromatic rings. The molecule has 0 heterocycles. The van der Waals surface area contributed by atoms with Gasteiger partial charge in [0.15, 0.2) is 5.78 Å². The van der Waals surface area contributed by atoms with Gasteiger partial charge in [-0.2, -0.15) is 0 Å². The molecule has 1 N–H and O–H groups in total. The maximum absolute atomic E-state index is 12.5. The first-order valence-corrected chi connectivity index (χ1v) is 4.15. The molecule has 0 spiro atoms. The highest BCUT2D eigenvalue weighted by molar-refractivity contribution is 5.93. The smallest absolute Gasteiger partial charge is 0.158 e. The van der Waals surface area contributed by atoms with Crippen molar-refractivity contribution in [2.45, 2.75) is 13.0 Å². The van der Waals surface area contributed by atoms with Crippen molar-refractivity contribution >= 4 is 5.78 Å². The van der Waals surface area contributed by atoms with Crippen LogP contribution in [0, 0.1) is 5.82 Å². The molecule has 0 amide bonds. The van der Waals surface area contributed by atoms with Gasteiger partial charge < -0.3 is 5.11 Å². The summed E-state index contributed by atoms with van der Waals surface area (Å²) in [6.45, 7) is 4.79. The minimum atomic E-state index is -1.05. The number of ketones is 1. The van der Waals surface area contributed by atoms with Crippen LogP contribution in [-0.4, -0.2) is 10.9 Å². The van der Waals surface area contributed by atoms with Gasteiger partial charge in [0.05, 0.1) is 0 Å². The van der Waals surface area contributed by atoms with Gasteiger partial charge in [0.2, 0.25) is 0 Å². The fourth-order valence-corrected chi connectivity index (χ4v) is 1.04. The Morgan fingerprint density at radius 2 is 1.93 bits per heavy atom. The summed E-state index contributed by atoms with van der Waals surface area (Å²) in [7, 11) is 0. The van der Waals surface area contributed by atoms with Gasteiger partial charge in [-0.15, -0.1) is 0 Å². The number of Topliss-reactive ketones (excluding diaryl/α,β-unsaturated/α-hetero) is 1. The average molecular weight is 194 g/mol. The zero-order valence-corrected chi connectivity index (χ0v) is 7.83. The Hall–Kier alpha value is -1.48. The van der Waals surface area contributed by atoms with E-state index < -0.39 is 6.10 Å². The van der Waals surface area contributed by atoms with Crippen LogP contribution in [0.15, 0.2) is 36.4 Å². The van der Waals surface area contributed by atoms with E-state index in [9.17, 15) is 14.3 Å². The summed E-state index contributed by atoms with van der Waals surface area (Å²) in [5.41, 5.74) is 0.572. The molecule has 14 heavy (non-hydrogen) atoms. The Balaban J connectivity index is 2.89. The molecule has 2 nitrogen and oxygen atoms in total. The summed E-state index contributed by atoms with van der Waals surface area (Å²) in [5, 5.41) is 9.61. The molecular weight excluding hydrogens is 183 g/mol. The summed E-state index contributed by atoms with van der Waals surface area (Å²) in [4.78, 5) is 10.9. The fourth-order valence-electron chi connectivity index (χ4n) is 1.04. The predicted molar refractivity (Wildman–Crippen MR) is 51.2 cm³/mol. The van der Waals surface area contributed by atoms with Gasteiger partial charge in [-0.1, -0.05) is 18.7 Å². The number of aliphatic hydroxyl groups excluding tert-OH is 1. The number of hydrogen-bond acceptors (Lipinski definition) is 2. The number of carbonyl (C=O) groups is 1. The van der Waals surface area contributed by atoms with Crippen LogP contribution in [0.1, 0.15) is 18.6 Å². The van der Waals surface area contributed by atoms with Crippen LogP contribution in [0.25, 0.3) is 0 Å². The molecule has 1 aromatic carbocycles. The van der Waals surface area contributed by atoms with E-state index in [-0.39, 0.29) is 17.2 Å². The minimum Gasteiger partial charge on any atom is -0.384 e. The first kappa shape index (κ1) is 10.6. The van der Waals surface area contributed by atoms with Crippen LogP contribution >= 0.6 is 0 Å². The van der Waals surface area contributed by atoms with Gasteiger partial charge in [0.25, 0.3) is 0 Å². The molecular formula is C11H11FO2. The highest BCUT2D eigenvalue weighted by atomic mass is 19.1. The zero-order chi connectivity index (χ0) is 10.7. The number of aliphatic hydroxyl groups is 1. The lowest BCUT2D eigenvalue weighted by Gasteiger charge is -2.11. The molecule has 0 aliphatic rings. The second-order valence-electron chi connectivity index (χ2n) is 3.04. The molecule has 74 valence electrons. The molecule has 0 aliphatic carbocycles. The first-order chi connectivity index (χ1) is 6.52. The molecule has 1 atom stereocenters. The molecule has 0 radical (unpaired) electrons. The molecule has 1 unspecified atom stereocenters. The molecule has 3 heteroatoms. The Morgan fingerprint density at radius 1 is 1.43 bits per heavy atom. The van der Waals surface area contributed by atoms with E-state index in [1.54, 1.807) is 0 Å². The van der Waals surface area contributed by atoms with E-state index >= 15 is 0 Å². The Labute approximate surface area is 81.7 Å². The van der Waals surface area contributed by atoms with Gasteiger partial charge in [0.1, 0.15) is 11.9 Å². The van der Waals surface area contributed by atoms with Crippen molar-refractivity contribution in [1.29, 1.82) is 0 Å². The van der Waals surface area contributed by atoms with Crippen LogP contribution in [0.3, 0.4) is 0 Å². The van der Waals surface area contributed by atoms with Crippen LogP contribution < -0.4 is 0 Å². The molecule has 0 fully saturated rings. The summed E-state index contributed by atoms with van der Waals surface area (Å²) in [5.74, 6) is -0.656. The second kappa shape index (κ2) is 4.15. The quantitative estimate of drug-likeness (QED) is 0.747. The number of benzene rings is 1. The third kappa shape index (κ3) is 2.26. The largest absolute Gasteiger partial charge is 0.384 e. The van der Waals surface area contributed by atoms with Crippen LogP contribution in [0.5, 0.6) is 0 Å². The van der Waals surface area contributed by atoms with Crippen LogP contribution in [0.4, 0.5) is 4.39 Å². The van der Waals surface area contributed by atoms with E-state index in [1.165, 1.54) is 31.2 Å². The summed E-state index contributed by atoms with van der Waals surface area (Å²) < 4.78 is 12.5. The predicted octanol–water partition coefficient (Wildman–Crippen LogP) is 2.00. The first-order valence-electron chi connectivity index (χ1n) is 4.15. The Morgan fingerprint density at radius 3 is 2.36 bits per heavy atom. The second-order valence-corrected chi connectivity index (χ2v) is 3.04. The lowest BCUT2D eigenvalue weighted by atomic mass is 10.0. The highest BCUT2D eigenvalue weighted by Crippen LogP contribution is 2.20. The normalized spacial score (nSPS) is 12.2. The fraction of sp³-hybridized carbons (Fsp3) is 0.182. The average Bonchev–Trinajstić information content (AvgIpc) is 2.16. The van der Waals surface area contributed by atoms with Gasteiger partial charge in [-0.05, 0) is 24.6 Å². The van der Waals surface area contributed by atoms with Crippen molar-refractivity contribution in [2.75, 3.05) is 0 Å². The van der Waals surface area contributed by atoms with E-state index in [4.69, 9.17) is 0 Å². The standard InChI is InChI=1S/C11H11FO2/c1-7(8(2)13)11(14)9-3-5-10(12)6-4-9/h3-6,11,14H,1H2,2H3. The summed E-state index contributed by atoms with van der Waals surface area (Å²) in [6, 6.07) is 5.31. The Bertz CT molecular complexity index is 354. The van der Waals surface area contributed by atoms with Crippen molar-refractivity contribution in [1.82, 2.24) is 0 Å². The molecule has 0 saturated carbocycles. The summed E-state index contributed by atoms with van der Waals surface area (Å²) in [6.07, 6.45) is -1.05. The van der Waals surface area contributed by atoms with Crippen LogP contribution in [0.2, 0.25) is 0 Å². The maximum atomic E-state index is 12.5. The number of rotatable bonds is 3. The zero-order valence-electron chi connectivity index (χ0n) is 7.83. The number of halogens is 1.